The molecule has 5 nitrogen and oxygen atoms in total. The van der Waals surface area contributed by atoms with Crippen molar-refractivity contribution in [2.45, 2.75) is 90.9 Å². The van der Waals surface area contributed by atoms with Crippen LogP contribution in [0.4, 0.5) is 0 Å². The highest BCUT2D eigenvalue weighted by Crippen LogP contribution is 2.10. The maximum absolute atomic E-state index is 12.1. The second-order valence-corrected chi connectivity index (χ2v) is 7.27. The monoisotopic (exact) mass is 391 g/mol. The Hall–Kier alpha value is -1.91. The number of unbranched alkanes of at least 4 members (excludes halogenated alkanes) is 10. The fourth-order valence-corrected chi connectivity index (χ4v) is 2.92. The summed E-state index contributed by atoms with van der Waals surface area (Å²) >= 11 is 0. The number of nitrogens with zero attached hydrogens (tertiary/aromatic N) is 1. The van der Waals surface area contributed by atoms with E-state index in [9.17, 15) is 9.59 Å². The van der Waals surface area contributed by atoms with Gasteiger partial charge in [0.25, 0.3) is 0 Å². The highest BCUT2D eigenvalue weighted by Gasteiger charge is 2.13. The Morgan fingerprint density at radius 3 is 1.50 bits per heavy atom. The van der Waals surface area contributed by atoms with Crippen molar-refractivity contribution in [2.75, 3.05) is 13.2 Å². The molecule has 0 aromatic carbocycles. The van der Waals surface area contributed by atoms with Crippen LogP contribution in [0.15, 0.2) is 18.5 Å². The fourth-order valence-electron chi connectivity index (χ4n) is 2.92. The molecule has 0 aliphatic carbocycles. The quantitative estimate of drug-likeness (QED) is 0.251. The van der Waals surface area contributed by atoms with Crippen LogP contribution >= 0.6 is 0 Å². The van der Waals surface area contributed by atoms with Gasteiger partial charge in [-0.25, -0.2) is 9.59 Å². The molecule has 0 fully saturated rings. The first-order valence-electron chi connectivity index (χ1n) is 11.0. The van der Waals surface area contributed by atoms with Gasteiger partial charge in [0.15, 0.2) is 0 Å². The van der Waals surface area contributed by atoms with Crippen molar-refractivity contribution in [1.82, 2.24) is 4.98 Å². The number of aromatic nitrogens is 1. The molecule has 0 bridgehead atoms. The Bertz CT molecular complexity index is 514. The lowest BCUT2D eigenvalue weighted by atomic mass is 10.1. The van der Waals surface area contributed by atoms with E-state index in [1.54, 1.807) is 0 Å². The van der Waals surface area contributed by atoms with Gasteiger partial charge in [-0.1, -0.05) is 78.1 Å². The van der Waals surface area contributed by atoms with Gasteiger partial charge >= 0.3 is 11.9 Å². The molecule has 0 spiro atoms. The first kappa shape index (κ1) is 24.1. The van der Waals surface area contributed by atoms with Crippen LogP contribution in [0, 0.1) is 0 Å². The molecular formula is C23H37NO4. The molecule has 5 heteroatoms. The lowest BCUT2D eigenvalue weighted by Gasteiger charge is -2.07. The van der Waals surface area contributed by atoms with Gasteiger partial charge in [-0.15, -0.1) is 0 Å². The molecule has 0 radical (unpaired) electrons. The zero-order chi connectivity index (χ0) is 20.5. The molecule has 0 saturated heterocycles. The highest BCUT2D eigenvalue weighted by atomic mass is 16.5. The molecule has 0 aliphatic heterocycles. The summed E-state index contributed by atoms with van der Waals surface area (Å²) in [6, 6.07) is 1.50. The van der Waals surface area contributed by atoms with E-state index in [0.29, 0.717) is 24.3 Å². The van der Waals surface area contributed by atoms with Gasteiger partial charge in [0.2, 0.25) is 0 Å². The van der Waals surface area contributed by atoms with E-state index in [4.69, 9.17) is 9.47 Å². The minimum Gasteiger partial charge on any atom is -0.462 e. The smallest absolute Gasteiger partial charge is 0.339 e. The van der Waals surface area contributed by atoms with Crippen LogP contribution < -0.4 is 0 Å². The Kier molecular flexibility index (Phi) is 13.9. The van der Waals surface area contributed by atoms with E-state index in [1.165, 1.54) is 69.8 Å². The van der Waals surface area contributed by atoms with Crippen LogP contribution in [0.5, 0.6) is 0 Å². The van der Waals surface area contributed by atoms with Crippen molar-refractivity contribution >= 4 is 11.9 Å². The van der Waals surface area contributed by atoms with Crippen molar-refractivity contribution < 1.29 is 19.1 Å². The molecular weight excluding hydrogens is 354 g/mol. The fraction of sp³-hybridized carbons (Fsp3) is 0.696. The van der Waals surface area contributed by atoms with E-state index >= 15 is 0 Å². The SMILES string of the molecule is CCCCCCCCOC(=O)c1cncc(C(=O)OCCCCCCCC)c1. The van der Waals surface area contributed by atoms with E-state index in [1.807, 2.05) is 0 Å². The molecule has 1 rings (SSSR count). The van der Waals surface area contributed by atoms with E-state index in [2.05, 4.69) is 18.8 Å². The molecule has 0 aliphatic rings. The van der Waals surface area contributed by atoms with Gasteiger partial charge in [-0.05, 0) is 18.9 Å². The minimum absolute atomic E-state index is 0.292. The van der Waals surface area contributed by atoms with Crippen molar-refractivity contribution in [3.8, 4) is 0 Å². The number of carbonyl (C=O) groups excluding carboxylic acids is 2. The van der Waals surface area contributed by atoms with Crippen molar-refractivity contribution in [1.29, 1.82) is 0 Å². The summed E-state index contributed by atoms with van der Waals surface area (Å²) in [4.78, 5) is 28.2. The average Bonchev–Trinajstić information content (AvgIpc) is 2.72. The molecule has 0 unspecified atom stereocenters. The molecule has 28 heavy (non-hydrogen) atoms. The Labute approximate surface area is 170 Å². The van der Waals surface area contributed by atoms with Gasteiger partial charge in [-0.3, -0.25) is 4.98 Å². The van der Waals surface area contributed by atoms with E-state index in [-0.39, 0.29) is 0 Å². The molecule has 0 N–H and O–H groups in total. The average molecular weight is 392 g/mol. The predicted molar refractivity (Wildman–Crippen MR) is 112 cm³/mol. The van der Waals surface area contributed by atoms with Crippen LogP contribution in [0.1, 0.15) is 112 Å². The van der Waals surface area contributed by atoms with Crippen LogP contribution in [0.25, 0.3) is 0 Å². The van der Waals surface area contributed by atoms with Gasteiger partial charge in [-0.2, -0.15) is 0 Å². The normalized spacial score (nSPS) is 10.6. The Morgan fingerprint density at radius 2 is 1.07 bits per heavy atom. The molecule has 0 atom stereocenters. The predicted octanol–water partition coefficient (Wildman–Crippen LogP) is 6.12. The van der Waals surface area contributed by atoms with Crippen LogP contribution in [0.3, 0.4) is 0 Å². The summed E-state index contributed by atoms with van der Waals surface area (Å²) in [6.07, 6.45) is 16.5. The van der Waals surface area contributed by atoms with Crippen LogP contribution in [-0.2, 0) is 9.47 Å². The second-order valence-electron chi connectivity index (χ2n) is 7.27. The van der Waals surface area contributed by atoms with Crippen LogP contribution in [0.2, 0.25) is 0 Å². The lowest BCUT2D eigenvalue weighted by Crippen LogP contribution is -2.11. The number of hydrogen-bond acceptors (Lipinski definition) is 5. The Balaban J connectivity index is 2.27. The maximum atomic E-state index is 12.1. The summed E-state index contributed by atoms with van der Waals surface area (Å²) < 4.78 is 10.6. The van der Waals surface area contributed by atoms with Crippen molar-refractivity contribution in [3.63, 3.8) is 0 Å². The lowest BCUT2D eigenvalue weighted by molar-refractivity contribution is 0.0495. The summed E-state index contributed by atoms with van der Waals surface area (Å²) in [7, 11) is 0. The largest absolute Gasteiger partial charge is 0.462 e. The number of pyridine rings is 1. The number of esters is 2. The van der Waals surface area contributed by atoms with E-state index in [0.717, 1.165) is 25.7 Å². The maximum Gasteiger partial charge on any atom is 0.339 e. The van der Waals surface area contributed by atoms with Crippen molar-refractivity contribution in [2.24, 2.45) is 0 Å². The first-order chi connectivity index (χ1) is 13.7. The molecule has 0 amide bonds. The summed E-state index contributed by atoms with van der Waals surface area (Å²) in [5, 5.41) is 0. The number of carbonyl (C=O) groups is 2. The third-order valence-corrected chi connectivity index (χ3v) is 4.67. The summed E-state index contributed by atoms with van der Waals surface area (Å²) in [6.45, 7) is 5.18. The molecule has 1 aromatic rings. The number of hydrogen-bond donors (Lipinski definition) is 0. The standard InChI is InChI=1S/C23H37NO4/c1-3-5-7-9-11-13-15-27-22(25)20-17-21(19-24-18-20)23(26)28-16-14-12-10-8-6-4-2/h17-19H,3-16H2,1-2H3. The number of rotatable bonds is 16. The van der Waals surface area contributed by atoms with E-state index < -0.39 is 11.9 Å². The highest BCUT2D eigenvalue weighted by molar-refractivity contribution is 5.94. The van der Waals surface area contributed by atoms with Crippen LogP contribution in [-0.4, -0.2) is 30.1 Å². The third kappa shape index (κ3) is 11.1. The topological polar surface area (TPSA) is 65.5 Å². The first-order valence-corrected chi connectivity index (χ1v) is 11.0. The third-order valence-electron chi connectivity index (χ3n) is 4.67. The van der Waals surface area contributed by atoms with Gasteiger partial charge < -0.3 is 9.47 Å². The summed E-state index contributed by atoms with van der Waals surface area (Å²) in [5.74, 6) is -0.877. The van der Waals surface area contributed by atoms with Gasteiger partial charge in [0, 0.05) is 12.4 Å². The van der Waals surface area contributed by atoms with Gasteiger partial charge in [0.1, 0.15) is 0 Å². The second kappa shape index (κ2) is 16.1. The molecule has 1 aromatic heterocycles. The zero-order valence-electron chi connectivity index (χ0n) is 17.7. The molecule has 0 saturated carbocycles. The molecule has 1 heterocycles. The molecule has 158 valence electrons. The van der Waals surface area contributed by atoms with Crippen molar-refractivity contribution in [3.05, 3.63) is 29.6 Å². The summed E-state index contributed by atoms with van der Waals surface area (Å²) in [5.41, 5.74) is 0.583. The Morgan fingerprint density at radius 1 is 0.679 bits per heavy atom. The minimum atomic E-state index is -0.438. The van der Waals surface area contributed by atoms with Gasteiger partial charge in [0.05, 0.1) is 24.3 Å². The number of ether oxygens (including phenoxy) is 2. The zero-order valence-corrected chi connectivity index (χ0v) is 17.7.